The number of hydrogen-bond acceptors (Lipinski definition) is 8. The number of carboxylic acids is 1. The van der Waals surface area contributed by atoms with Crippen molar-refractivity contribution in [2.75, 3.05) is 47.5 Å². The molecular weight excluding hydrogens is 911 g/mol. The Kier molecular flexibility index (Phi) is 51.2. The molecule has 0 rings (SSSR count). The normalized spacial score (nSPS) is 13.6. The van der Waals surface area contributed by atoms with E-state index >= 15 is 0 Å². The molecule has 0 saturated heterocycles. The van der Waals surface area contributed by atoms with Gasteiger partial charge in [0, 0.05) is 12.8 Å². The van der Waals surface area contributed by atoms with E-state index in [4.69, 9.17) is 18.9 Å². The van der Waals surface area contributed by atoms with Gasteiger partial charge in [-0.1, -0.05) is 239 Å². The number of nitrogens with zero attached hydrogens (tertiary/aromatic N) is 1. The second-order valence-electron chi connectivity index (χ2n) is 20.2. The van der Waals surface area contributed by atoms with Crippen molar-refractivity contribution in [2.45, 2.75) is 232 Å². The molecule has 0 aromatic carbocycles. The zero-order valence-corrected chi connectivity index (χ0v) is 47.2. The van der Waals surface area contributed by atoms with Crippen LogP contribution >= 0.6 is 0 Å². The minimum atomic E-state index is -1.64. The molecule has 0 aliphatic rings. The van der Waals surface area contributed by atoms with Gasteiger partial charge in [0.25, 0.3) is 0 Å². The molecule has 0 fully saturated rings. The molecule has 2 unspecified atom stereocenters. The van der Waals surface area contributed by atoms with Gasteiger partial charge in [-0.2, -0.15) is 0 Å². The third kappa shape index (κ3) is 55.5. The van der Waals surface area contributed by atoms with E-state index in [1.165, 1.54) is 103 Å². The minimum absolute atomic E-state index is 0.132. The lowest BCUT2D eigenvalue weighted by Gasteiger charge is -2.26. The molecule has 0 heterocycles. The van der Waals surface area contributed by atoms with E-state index in [1.54, 1.807) is 0 Å². The summed E-state index contributed by atoms with van der Waals surface area (Å²) in [6.07, 6.45) is 71.4. The molecule has 0 radical (unpaired) electrons. The molecule has 0 bridgehead atoms. The molecule has 0 spiro atoms. The number of hydrogen-bond donors (Lipinski definition) is 0. The number of ether oxygens (including phenoxy) is 4. The van der Waals surface area contributed by atoms with Crippen LogP contribution in [0.2, 0.25) is 0 Å². The SMILES string of the molecule is CC/C=C\C/C=C\C/C=C\C/C=C\C/C=C\C/C=C\C/C=C\C/C=C\C/C=C\CCCC(=O)OC(COC(=O)CCCCCCCCCCCCCCCCCCCCC)COC(OCC[N+](C)(C)C)C(=O)[O-]. The van der Waals surface area contributed by atoms with Crippen LogP contribution in [0, 0.1) is 0 Å². The van der Waals surface area contributed by atoms with E-state index in [0.717, 1.165) is 77.0 Å². The molecule has 0 aromatic rings. The standard InChI is InChI=1S/C64H107NO8/c1-6-8-10-12-14-16-18-20-22-24-26-27-28-29-30-31-32-33-34-35-37-39-41-43-45-47-49-51-53-55-62(67)73-60(59-72-64(63(68)69)70-57-56-65(3,4)5)58-71-61(66)54-52-50-48-46-44-42-40-38-36-25-23-21-19-17-15-13-11-9-7-2/h8,10,14,16,20,22,26-27,29-30,32-33,35,37,41,43,47,49,60,64H,6-7,9,11-13,15,17-19,21,23-25,28,31,34,36,38-40,42,44-46,48,50-59H2,1-5H3/b10-8-,16-14-,22-20-,27-26-,30-29-,33-32-,37-35-,43-41-,49-47-. The summed E-state index contributed by atoms with van der Waals surface area (Å²) in [5, 5.41) is 11.8. The van der Waals surface area contributed by atoms with Gasteiger partial charge in [-0.15, -0.1) is 0 Å². The Hall–Kier alpha value is -4.05. The number of aliphatic carboxylic acids is 1. The number of quaternary nitrogens is 1. The highest BCUT2D eigenvalue weighted by Crippen LogP contribution is 2.16. The molecule has 2 atom stereocenters. The van der Waals surface area contributed by atoms with Crippen molar-refractivity contribution in [3.63, 3.8) is 0 Å². The molecule has 9 nitrogen and oxygen atoms in total. The number of unbranched alkanes of at least 4 members (excludes halogenated alkanes) is 19. The van der Waals surface area contributed by atoms with Crippen LogP contribution in [0.4, 0.5) is 0 Å². The molecule has 73 heavy (non-hydrogen) atoms. The molecule has 0 aliphatic heterocycles. The first-order valence-electron chi connectivity index (χ1n) is 29.0. The van der Waals surface area contributed by atoms with Crippen molar-refractivity contribution in [3.8, 4) is 0 Å². The number of carbonyl (C=O) groups is 3. The zero-order chi connectivity index (χ0) is 53.4. The zero-order valence-electron chi connectivity index (χ0n) is 47.2. The first-order valence-corrected chi connectivity index (χ1v) is 29.0. The maximum absolute atomic E-state index is 12.8. The maximum atomic E-state index is 12.8. The molecule has 416 valence electrons. The van der Waals surface area contributed by atoms with Gasteiger partial charge >= 0.3 is 11.9 Å². The molecule has 9 heteroatoms. The van der Waals surface area contributed by atoms with Crippen LogP contribution in [0.3, 0.4) is 0 Å². The molecule has 0 aliphatic carbocycles. The van der Waals surface area contributed by atoms with Crippen molar-refractivity contribution in [1.29, 1.82) is 0 Å². The maximum Gasteiger partial charge on any atom is 0.306 e. The molecule has 0 amide bonds. The van der Waals surface area contributed by atoms with Gasteiger partial charge < -0.3 is 33.3 Å². The molecular formula is C64H107NO8. The van der Waals surface area contributed by atoms with E-state index < -0.39 is 24.3 Å². The third-order valence-corrected chi connectivity index (χ3v) is 12.0. The van der Waals surface area contributed by atoms with Crippen LogP contribution < -0.4 is 5.11 Å². The highest BCUT2D eigenvalue weighted by molar-refractivity contribution is 5.70. The summed E-state index contributed by atoms with van der Waals surface area (Å²) in [5.74, 6) is -2.37. The highest BCUT2D eigenvalue weighted by atomic mass is 16.7. The summed E-state index contributed by atoms with van der Waals surface area (Å²) < 4.78 is 22.6. The van der Waals surface area contributed by atoms with Crippen LogP contribution in [0.15, 0.2) is 109 Å². The summed E-state index contributed by atoms with van der Waals surface area (Å²) in [6, 6.07) is 0. The summed E-state index contributed by atoms with van der Waals surface area (Å²) in [5.41, 5.74) is 0. The number of likely N-dealkylation sites (N-methyl/N-ethyl adjacent to an activating group) is 1. The van der Waals surface area contributed by atoms with E-state index in [2.05, 4.69) is 123 Å². The van der Waals surface area contributed by atoms with Crippen molar-refractivity contribution in [1.82, 2.24) is 0 Å². The van der Waals surface area contributed by atoms with E-state index in [-0.39, 0.29) is 38.6 Å². The smallest absolute Gasteiger partial charge is 0.306 e. The molecule has 0 aromatic heterocycles. The summed E-state index contributed by atoms with van der Waals surface area (Å²) in [4.78, 5) is 37.3. The van der Waals surface area contributed by atoms with Crippen molar-refractivity contribution >= 4 is 17.9 Å². The number of carboxylic acid groups (broad SMARTS) is 1. The molecule has 0 saturated carbocycles. The van der Waals surface area contributed by atoms with E-state index in [1.807, 2.05) is 21.1 Å². The topological polar surface area (TPSA) is 111 Å². The fourth-order valence-corrected chi connectivity index (χ4v) is 7.60. The second-order valence-corrected chi connectivity index (χ2v) is 20.2. The van der Waals surface area contributed by atoms with Crippen LogP contribution in [0.5, 0.6) is 0 Å². The fraction of sp³-hybridized carbons (Fsp3) is 0.672. The van der Waals surface area contributed by atoms with Gasteiger partial charge in [-0.3, -0.25) is 9.59 Å². The van der Waals surface area contributed by atoms with Gasteiger partial charge in [0.05, 0.1) is 40.3 Å². The predicted molar refractivity (Wildman–Crippen MR) is 306 cm³/mol. The van der Waals surface area contributed by atoms with Gasteiger partial charge in [0.2, 0.25) is 0 Å². The van der Waals surface area contributed by atoms with Crippen molar-refractivity contribution < 1.29 is 42.9 Å². The van der Waals surface area contributed by atoms with E-state index in [9.17, 15) is 19.5 Å². The van der Waals surface area contributed by atoms with Crippen LogP contribution in [-0.2, 0) is 33.3 Å². The lowest BCUT2D eigenvalue weighted by atomic mass is 10.0. The number of allylic oxidation sites excluding steroid dienone is 18. The monoisotopic (exact) mass is 1020 g/mol. The lowest BCUT2D eigenvalue weighted by Crippen LogP contribution is -2.44. The van der Waals surface area contributed by atoms with E-state index in [0.29, 0.717) is 23.9 Å². The Balaban J connectivity index is 4.39. The van der Waals surface area contributed by atoms with Gasteiger partial charge in [0.15, 0.2) is 12.4 Å². The van der Waals surface area contributed by atoms with Gasteiger partial charge in [0.1, 0.15) is 13.2 Å². The van der Waals surface area contributed by atoms with Crippen molar-refractivity contribution in [3.05, 3.63) is 109 Å². The summed E-state index contributed by atoms with van der Waals surface area (Å²) >= 11 is 0. The lowest BCUT2D eigenvalue weighted by molar-refractivity contribution is -0.870. The quantitative estimate of drug-likeness (QED) is 0.0195. The Morgan fingerprint density at radius 2 is 0.781 bits per heavy atom. The summed E-state index contributed by atoms with van der Waals surface area (Å²) in [7, 11) is 5.90. The van der Waals surface area contributed by atoms with Crippen LogP contribution in [-0.4, -0.2) is 82.3 Å². The number of esters is 2. The Bertz CT molecular complexity index is 1560. The number of rotatable bonds is 52. The largest absolute Gasteiger partial charge is 0.545 e. The highest BCUT2D eigenvalue weighted by Gasteiger charge is 2.21. The van der Waals surface area contributed by atoms with Crippen LogP contribution in [0.1, 0.15) is 219 Å². The fourth-order valence-electron chi connectivity index (χ4n) is 7.60. The Morgan fingerprint density at radius 1 is 0.425 bits per heavy atom. The molecule has 0 N–H and O–H groups in total. The predicted octanol–water partition coefficient (Wildman–Crippen LogP) is 15.8. The first-order chi connectivity index (χ1) is 35.6. The van der Waals surface area contributed by atoms with Crippen LogP contribution in [0.25, 0.3) is 0 Å². The Labute approximate surface area is 447 Å². The first kappa shape index (κ1) is 69.0. The Morgan fingerprint density at radius 3 is 1.15 bits per heavy atom. The average Bonchev–Trinajstić information content (AvgIpc) is 3.36. The minimum Gasteiger partial charge on any atom is -0.545 e. The average molecular weight is 1020 g/mol. The van der Waals surface area contributed by atoms with Crippen molar-refractivity contribution in [2.24, 2.45) is 0 Å². The van der Waals surface area contributed by atoms with Gasteiger partial charge in [-0.05, 0) is 77.0 Å². The summed E-state index contributed by atoms with van der Waals surface area (Å²) in [6.45, 7) is 4.57. The third-order valence-electron chi connectivity index (χ3n) is 12.0. The van der Waals surface area contributed by atoms with Gasteiger partial charge in [-0.25, -0.2) is 0 Å². The number of carbonyl (C=O) groups excluding carboxylic acids is 3. The second kappa shape index (κ2) is 54.2.